The number of nitrogens with zero attached hydrogens (tertiary/aromatic N) is 2. The van der Waals surface area contributed by atoms with Gasteiger partial charge in [0.1, 0.15) is 5.60 Å². The van der Waals surface area contributed by atoms with Gasteiger partial charge in [0.25, 0.3) is 0 Å². The monoisotopic (exact) mass is 339 g/mol. The number of carbonyl (C=O) groups is 1. The number of carbonyl (C=O) groups excluding carboxylic acids is 1. The third kappa shape index (κ3) is 5.18. The van der Waals surface area contributed by atoms with Gasteiger partial charge in [-0.15, -0.1) is 11.3 Å². The van der Waals surface area contributed by atoms with Crippen LogP contribution in [0, 0.1) is 6.92 Å². The molecule has 0 spiro atoms. The molecule has 1 aromatic rings. The second kappa shape index (κ2) is 7.18. The minimum absolute atomic E-state index is 0.181. The molecule has 0 radical (unpaired) electrons. The molecule has 23 heavy (non-hydrogen) atoms. The number of aromatic nitrogens is 1. The van der Waals surface area contributed by atoms with Crippen LogP contribution in [0.4, 0.5) is 4.79 Å². The molecule has 6 heteroatoms. The van der Waals surface area contributed by atoms with Gasteiger partial charge < -0.3 is 15.0 Å². The summed E-state index contributed by atoms with van der Waals surface area (Å²) in [6.07, 6.45) is 1.68. The summed E-state index contributed by atoms with van der Waals surface area (Å²) in [6, 6.07) is 0.825. The highest BCUT2D eigenvalue weighted by molar-refractivity contribution is 7.09. The summed E-state index contributed by atoms with van der Waals surface area (Å²) in [6.45, 7) is 12.7. The first kappa shape index (κ1) is 18.2. The smallest absolute Gasteiger partial charge is 0.410 e. The molecular formula is C17H29N3O2S. The lowest BCUT2D eigenvalue weighted by atomic mass is 9.97. The van der Waals surface area contributed by atoms with Crippen LogP contribution in [-0.4, -0.2) is 40.2 Å². The lowest BCUT2D eigenvalue weighted by Gasteiger charge is -2.39. The lowest BCUT2D eigenvalue weighted by molar-refractivity contribution is 0.00903. The molecule has 5 nitrogen and oxygen atoms in total. The Kier molecular flexibility index (Phi) is 5.68. The summed E-state index contributed by atoms with van der Waals surface area (Å²) in [5.74, 6) is 0. The van der Waals surface area contributed by atoms with E-state index in [-0.39, 0.29) is 18.2 Å². The van der Waals surface area contributed by atoms with E-state index >= 15 is 0 Å². The van der Waals surface area contributed by atoms with Gasteiger partial charge in [-0.05, 0) is 54.4 Å². The molecule has 0 saturated carbocycles. The van der Waals surface area contributed by atoms with E-state index < -0.39 is 5.60 Å². The third-order valence-electron chi connectivity index (χ3n) is 4.07. The van der Waals surface area contributed by atoms with Crippen LogP contribution in [0.3, 0.4) is 0 Å². The number of ether oxygens (including phenoxy) is 1. The van der Waals surface area contributed by atoms with Crippen LogP contribution < -0.4 is 5.32 Å². The van der Waals surface area contributed by atoms with Gasteiger partial charge in [-0.3, -0.25) is 0 Å². The van der Waals surface area contributed by atoms with Crippen LogP contribution in [0.15, 0.2) is 5.38 Å². The average Bonchev–Trinajstić information content (AvgIpc) is 2.83. The maximum Gasteiger partial charge on any atom is 0.410 e. The van der Waals surface area contributed by atoms with Crippen LogP contribution in [0.5, 0.6) is 0 Å². The predicted octanol–water partition coefficient (Wildman–Crippen LogP) is 3.89. The van der Waals surface area contributed by atoms with Gasteiger partial charge in [-0.1, -0.05) is 0 Å². The van der Waals surface area contributed by atoms with Gasteiger partial charge in [0.2, 0.25) is 0 Å². The van der Waals surface area contributed by atoms with Crippen LogP contribution in [0.2, 0.25) is 0 Å². The molecule has 1 aliphatic rings. The SMILES string of the molecule is Cc1nc(C(C)NC2CCN(C(=O)OC(C)(C)C)C(C)C2)cs1. The minimum Gasteiger partial charge on any atom is -0.444 e. The van der Waals surface area contributed by atoms with E-state index in [0.717, 1.165) is 30.1 Å². The van der Waals surface area contributed by atoms with Gasteiger partial charge in [0.05, 0.1) is 10.7 Å². The van der Waals surface area contributed by atoms with Crippen molar-refractivity contribution < 1.29 is 9.53 Å². The van der Waals surface area contributed by atoms with Crippen molar-refractivity contribution in [2.24, 2.45) is 0 Å². The van der Waals surface area contributed by atoms with Crippen molar-refractivity contribution in [2.75, 3.05) is 6.54 Å². The van der Waals surface area contributed by atoms with Crippen molar-refractivity contribution in [1.82, 2.24) is 15.2 Å². The largest absolute Gasteiger partial charge is 0.444 e. The Balaban J connectivity index is 1.87. The normalized spacial score (nSPS) is 23.7. The number of hydrogen-bond acceptors (Lipinski definition) is 5. The van der Waals surface area contributed by atoms with E-state index in [0.29, 0.717) is 6.04 Å². The van der Waals surface area contributed by atoms with E-state index in [1.807, 2.05) is 32.6 Å². The standard InChI is InChI=1S/C17H29N3O2S/c1-11-9-14(18-12(2)15-10-23-13(3)19-15)7-8-20(11)16(21)22-17(4,5)6/h10-12,14,18H,7-9H2,1-6H3. The summed E-state index contributed by atoms with van der Waals surface area (Å²) in [5.41, 5.74) is 0.665. The van der Waals surface area contributed by atoms with Crippen molar-refractivity contribution >= 4 is 17.4 Å². The Bertz CT molecular complexity index is 538. The van der Waals surface area contributed by atoms with E-state index in [1.54, 1.807) is 11.3 Å². The molecular weight excluding hydrogens is 310 g/mol. The number of piperidine rings is 1. The zero-order valence-electron chi connectivity index (χ0n) is 15.0. The molecule has 0 bridgehead atoms. The Labute approximate surface area is 143 Å². The van der Waals surface area contributed by atoms with Crippen LogP contribution >= 0.6 is 11.3 Å². The predicted molar refractivity (Wildman–Crippen MR) is 93.8 cm³/mol. The molecule has 0 aliphatic carbocycles. The highest BCUT2D eigenvalue weighted by Gasteiger charge is 2.32. The summed E-state index contributed by atoms with van der Waals surface area (Å²) in [7, 11) is 0. The first-order chi connectivity index (χ1) is 10.7. The maximum atomic E-state index is 12.3. The molecule has 1 aliphatic heterocycles. The van der Waals surface area contributed by atoms with E-state index in [1.165, 1.54) is 0 Å². The minimum atomic E-state index is -0.442. The van der Waals surface area contributed by atoms with Gasteiger partial charge in [0.15, 0.2) is 0 Å². The number of likely N-dealkylation sites (tertiary alicyclic amines) is 1. The fourth-order valence-electron chi connectivity index (χ4n) is 2.93. The number of aryl methyl sites for hydroxylation is 1. The number of nitrogens with one attached hydrogen (secondary N) is 1. The second-order valence-corrected chi connectivity index (χ2v) is 8.49. The zero-order chi connectivity index (χ0) is 17.2. The van der Waals surface area contributed by atoms with Crippen molar-refractivity contribution in [3.63, 3.8) is 0 Å². The molecule has 3 atom stereocenters. The topological polar surface area (TPSA) is 54.5 Å². The summed E-state index contributed by atoms with van der Waals surface area (Å²) in [5, 5.41) is 6.87. The first-order valence-electron chi connectivity index (χ1n) is 8.33. The van der Waals surface area contributed by atoms with Crippen molar-refractivity contribution in [1.29, 1.82) is 0 Å². The van der Waals surface area contributed by atoms with Crippen molar-refractivity contribution in [2.45, 2.75) is 78.1 Å². The molecule has 130 valence electrons. The van der Waals surface area contributed by atoms with Crippen molar-refractivity contribution in [3.05, 3.63) is 16.1 Å². The third-order valence-corrected chi connectivity index (χ3v) is 4.86. The van der Waals surface area contributed by atoms with Crippen molar-refractivity contribution in [3.8, 4) is 0 Å². The van der Waals surface area contributed by atoms with E-state index in [2.05, 4.69) is 29.5 Å². The molecule has 1 amide bonds. The first-order valence-corrected chi connectivity index (χ1v) is 9.21. The molecule has 3 unspecified atom stereocenters. The van der Waals surface area contributed by atoms with Crippen LogP contribution in [0.25, 0.3) is 0 Å². The Hall–Kier alpha value is -1.14. The molecule has 2 rings (SSSR count). The fraction of sp³-hybridized carbons (Fsp3) is 0.765. The zero-order valence-corrected chi connectivity index (χ0v) is 15.9. The maximum absolute atomic E-state index is 12.3. The Morgan fingerprint density at radius 3 is 2.74 bits per heavy atom. The number of hydrogen-bond donors (Lipinski definition) is 1. The van der Waals surface area contributed by atoms with E-state index in [4.69, 9.17) is 4.74 Å². The quantitative estimate of drug-likeness (QED) is 0.908. The summed E-state index contributed by atoms with van der Waals surface area (Å²) < 4.78 is 5.49. The average molecular weight is 340 g/mol. The van der Waals surface area contributed by atoms with Gasteiger partial charge in [-0.2, -0.15) is 0 Å². The Morgan fingerprint density at radius 2 is 2.22 bits per heavy atom. The second-order valence-electron chi connectivity index (χ2n) is 7.42. The highest BCUT2D eigenvalue weighted by atomic mass is 32.1. The fourth-order valence-corrected chi connectivity index (χ4v) is 3.64. The molecule has 1 aromatic heterocycles. The summed E-state index contributed by atoms with van der Waals surface area (Å²) in [4.78, 5) is 18.7. The summed E-state index contributed by atoms with van der Waals surface area (Å²) >= 11 is 1.68. The number of amides is 1. The molecule has 2 heterocycles. The number of rotatable bonds is 3. The Morgan fingerprint density at radius 1 is 1.52 bits per heavy atom. The molecule has 1 fully saturated rings. The molecule has 0 aromatic carbocycles. The van der Waals surface area contributed by atoms with Gasteiger partial charge in [-0.25, -0.2) is 9.78 Å². The van der Waals surface area contributed by atoms with Gasteiger partial charge >= 0.3 is 6.09 Å². The number of thiazole rings is 1. The van der Waals surface area contributed by atoms with Gasteiger partial charge in [0, 0.05) is 30.1 Å². The molecule has 1 saturated heterocycles. The highest BCUT2D eigenvalue weighted by Crippen LogP contribution is 2.23. The lowest BCUT2D eigenvalue weighted by Crippen LogP contribution is -2.51. The molecule has 1 N–H and O–H groups in total. The van der Waals surface area contributed by atoms with Crippen LogP contribution in [-0.2, 0) is 4.74 Å². The van der Waals surface area contributed by atoms with Crippen LogP contribution in [0.1, 0.15) is 64.2 Å². The van der Waals surface area contributed by atoms with E-state index in [9.17, 15) is 4.79 Å².